The van der Waals surface area contributed by atoms with Gasteiger partial charge in [0, 0.05) is 0 Å². The molecule has 0 aliphatic carbocycles. The maximum Gasteiger partial charge on any atom is 0.258 e. The molecule has 1 aromatic rings. The summed E-state index contributed by atoms with van der Waals surface area (Å²) in [6, 6.07) is 4.83. The van der Waals surface area contributed by atoms with Crippen LogP contribution in [-0.2, 0) is 11.4 Å². The number of hydrogen-bond acceptors (Lipinski definition) is 3. The molecule has 3 N–H and O–H groups in total. The average Bonchev–Trinajstić information content (AvgIpc) is 2.20. The fraction of sp³-hybridized carbons (Fsp3) is 0.300. The van der Waals surface area contributed by atoms with E-state index in [-0.39, 0.29) is 6.61 Å². The van der Waals surface area contributed by atoms with Gasteiger partial charge in [-0.05, 0) is 24.6 Å². The molecule has 1 aromatic carbocycles. The molecule has 0 bridgehead atoms. The highest BCUT2D eigenvalue weighted by Crippen LogP contribution is 2.26. The summed E-state index contributed by atoms with van der Waals surface area (Å²) in [5.74, 6) is -0.183. The van der Waals surface area contributed by atoms with Gasteiger partial charge in [0.15, 0.2) is 6.10 Å². The van der Waals surface area contributed by atoms with Crippen molar-refractivity contribution in [3.05, 3.63) is 28.8 Å². The molecule has 82 valence electrons. The Morgan fingerprint density at radius 3 is 2.80 bits per heavy atom. The van der Waals surface area contributed by atoms with E-state index in [2.05, 4.69) is 0 Å². The van der Waals surface area contributed by atoms with Crippen molar-refractivity contribution in [2.45, 2.75) is 19.6 Å². The van der Waals surface area contributed by atoms with E-state index >= 15 is 0 Å². The van der Waals surface area contributed by atoms with Crippen LogP contribution in [0.1, 0.15) is 12.5 Å². The topological polar surface area (TPSA) is 72.6 Å². The Morgan fingerprint density at radius 2 is 2.33 bits per heavy atom. The summed E-state index contributed by atoms with van der Waals surface area (Å²) in [5.41, 5.74) is 5.72. The number of nitrogens with two attached hydrogens (primary N) is 1. The summed E-state index contributed by atoms with van der Waals surface area (Å²) < 4.78 is 5.22. The molecule has 15 heavy (non-hydrogen) atoms. The molecule has 0 spiro atoms. The molecule has 0 aliphatic heterocycles. The van der Waals surface area contributed by atoms with Gasteiger partial charge in [-0.1, -0.05) is 17.7 Å². The molecular weight excluding hydrogens is 218 g/mol. The van der Waals surface area contributed by atoms with E-state index in [0.29, 0.717) is 16.3 Å². The zero-order valence-corrected chi connectivity index (χ0v) is 8.99. The number of carbonyl (C=O) groups excluding carboxylic acids is 1. The molecule has 0 fully saturated rings. The van der Waals surface area contributed by atoms with Crippen LogP contribution in [0.3, 0.4) is 0 Å². The summed E-state index contributed by atoms with van der Waals surface area (Å²) in [7, 11) is 0. The minimum Gasteiger partial charge on any atom is -0.479 e. The molecule has 1 unspecified atom stereocenters. The quantitative estimate of drug-likeness (QED) is 0.812. The predicted octanol–water partition coefficient (Wildman–Crippen LogP) is 1.08. The first-order valence-corrected chi connectivity index (χ1v) is 4.77. The Morgan fingerprint density at radius 1 is 1.67 bits per heavy atom. The van der Waals surface area contributed by atoms with E-state index in [0.717, 1.165) is 0 Å². The van der Waals surface area contributed by atoms with Crippen molar-refractivity contribution in [2.24, 2.45) is 5.73 Å². The minimum atomic E-state index is -0.734. The van der Waals surface area contributed by atoms with Crippen LogP contribution in [0.4, 0.5) is 0 Å². The first-order valence-electron chi connectivity index (χ1n) is 4.40. The molecule has 0 aromatic heterocycles. The largest absolute Gasteiger partial charge is 0.479 e. The van der Waals surface area contributed by atoms with Crippen molar-refractivity contribution in [1.82, 2.24) is 0 Å². The highest BCUT2D eigenvalue weighted by atomic mass is 35.5. The van der Waals surface area contributed by atoms with Crippen LogP contribution in [0.25, 0.3) is 0 Å². The van der Waals surface area contributed by atoms with Crippen LogP contribution >= 0.6 is 11.6 Å². The van der Waals surface area contributed by atoms with Gasteiger partial charge in [0.05, 0.1) is 11.6 Å². The second kappa shape index (κ2) is 5.00. The average molecular weight is 230 g/mol. The van der Waals surface area contributed by atoms with Gasteiger partial charge in [0.2, 0.25) is 0 Å². The summed E-state index contributed by atoms with van der Waals surface area (Å²) in [4.78, 5) is 10.8. The summed E-state index contributed by atoms with van der Waals surface area (Å²) in [5, 5.41) is 9.19. The third kappa shape index (κ3) is 3.11. The Hall–Kier alpha value is -1.26. The SMILES string of the molecule is CC(Oc1ccc(CO)cc1Cl)C(N)=O. The highest BCUT2D eigenvalue weighted by molar-refractivity contribution is 6.32. The number of rotatable bonds is 4. The van der Waals surface area contributed by atoms with Gasteiger partial charge < -0.3 is 15.6 Å². The van der Waals surface area contributed by atoms with Gasteiger partial charge in [0.25, 0.3) is 5.91 Å². The van der Waals surface area contributed by atoms with Gasteiger partial charge in [-0.2, -0.15) is 0 Å². The maximum absolute atomic E-state index is 10.8. The fourth-order valence-corrected chi connectivity index (χ4v) is 1.23. The molecule has 1 rings (SSSR count). The molecule has 5 heteroatoms. The van der Waals surface area contributed by atoms with Gasteiger partial charge in [-0.15, -0.1) is 0 Å². The van der Waals surface area contributed by atoms with Crippen LogP contribution in [0.15, 0.2) is 18.2 Å². The van der Waals surface area contributed by atoms with Crippen molar-refractivity contribution < 1.29 is 14.6 Å². The van der Waals surface area contributed by atoms with Crippen LogP contribution < -0.4 is 10.5 Å². The lowest BCUT2D eigenvalue weighted by atomic mass is 10.2. The van der Waals surface area contributed by atoms with E-state index in [1.807, 2.05) is 0 Å². The number of ether oxygens (including phenoxy) is 1. The number of hydrogen-bond donors (Lipinski definition) is 2. The Kier molecular flexibility index (Phi) is 3.94. The third-order valence-electron chi connectivity index (χ3n) is 1.88. The first-order chi connectivity index (χ1) is 7.04. The van der Waals surface area contributed by atoms with E-state index in [1.165, 1.54) is 0 Å². The summed E-state index contributed by atoms with van der Waals surface area (Å²) in [6.45, 7) is 1.45. The van der Waals surface area contributed by atoms with E-state index in [9.17, 15) is 4.79 Å². The summed E-state index contributed by atoms with van der Waals surface area (Å²) >= 11 is 5.87. The van der Waals surface area contributed by atoms with Crippen molar-refractivity contribution in [1.29, 1.82) is 0 Å². The number of benzene rings is 1. The Labute approximate surface area is 92.6 Å². The second-order valence-corrected chi connectivity index (χ2v) is 3.49. The minimum absolute atomic E-state index is 0.0919. The highest BCUT2D eigenvalue weighted by Gasteiger charge is 2.12. The number of amides is 1. The zero-order valence-electron chi connectivity index (χ0n) is 8.24. The molecule has 0 aliphatic rings. The maximum atomic E-state index is 10.8. The van der Waals surface area contributed by atoms with E-state index < -0.39 is 12.0 Å². The van der Waals surface area contributed by atoms with Crippen molar-refractivity contribution in [3.8, 4) is 5.75 Å². The van der Waals surface area contributed by atoms with Crippen molar-refractivity contribution in [3.63, 3.8) is 0 Å². The lowest BCUT2D eigenvalue weighted by Crippen LogP contribution is -2.30. The van der Waals surface area contributed by atoms with Crippen LogP contribution in [-0.4, -0.2) is 17.1 Å². The number of aliphatic hydroxyl groups excluding tert-OH is 1. The van der Waals surface area contributed by atoms with Gasteiger partial charge in [-0.25, -0.2) is 0 Å². The monoisotopic (exact) mass is 229 g/mol. The van der Waals surface area contributed by atoms with Crippen LogP contribution in [0.5, 0.6) is 5.75 Å². The molecule has 1 atom stereocenters. The predicted molar refractivity (Wildman–Crippen MR) is 56.7 cm³/mol. The summed E-state index contributed by atoms with van der Waals surface area (Å²) in [6.07, 6.45) is -0.734. The molecule has 1 amide bonds. The van der Waals surface area contributed by atoms with Crippen molar-refractivity contribution >= 4 is 17.5 Å². The first kappa shape index (κ1) is 11.8. The van der Waals surface area contributed by atoms with E-state index in [4.69, 9.17) is 27.2 Å². The van der Waals surface area contributed by atoms with Gasteiger partial charge in [0.1, 0.15) is 5.75 Å². The fourth-order valence-electron chi connectivity index (χ4n) is 0.987. The molecule has 0 saturated heterocycles. The van der Waals surface area contributed by atoms with Gasteiger partial charge in [-0.3, -0.25) is 4.79 Å². The van der Waals surface area contributed by atoms with Crippen LogP contribution in [0, 0.1) is 0 Å². The lowest BCUT2D eigenvalue weighted by Gasteiger charge is -2.12. The lowest BCUT2D eigenvalue weighted by molar-refractivity contribution is -0.123. The van der Waals surface area contributed by atoms with E-state index in [1.54, 1.807) is 25.1 Å². The molecule has 0 saturated carbocycles. The number of aliphatic hydroxyl groups is 1. The smallest absolute Gasteiger partial charge is 0.258 e. The van der Waals surface area contributed by atoms with Crippen molar-refractivity contribution in [2.75, 3.05) is 0 Å². The Balaban J connectivity index is 2.82. The second-order valence-electron chi connectivity index (χ2n) is 3.09. The normalized spacial score (nSPS) is 12.2. The molecular formula is C10H12ClNO3. The number of primary amides is 1. The molecule has 4 nitrogen and oxygen atoms in total. The molecule has 0 radical (unpaired) electrons. The van der Waals surface area contributed by atoms with Crippen LogP contribution in [0.2, 0.25) is 5.02 Å². The zero-order chi connectivity index (χ0) is 11.4. The molecule has 0 heterocycles. The number of carbonyl (C=O) groups is 1. The Bertz CT molecular complexity index is 368. The van der Waals surface area contributed by atoms with Gasteiger partial charge >= 0.3 is 0 Å². The standard InChI is InChI=1S/C10H12ClNO3/c1-6(10(12)14)15-9-3-2-7(5-13)4-8(9)11/h2-4,6,13H,5H2,1H3,(H2,12,14). The number of halogens is 1. The third-order valence-corrected chi connectivity index (χ3v) is 2.18.